The van der Waals surface area contributed by atoms with E-state index in [1.165, 1.54) is 0 Å². The van der Waals surface area contributed by atoms with Gasteiger partial charge in [-0.05, 0) is 58.7 Å². The van der Waals surface area contributed by atoms with Gasteiger partial charge in [-0.1, -0.05) is 80.4 Å². The van der Waals surface area contributed by atoms with Gasteiger partial charge in [0.2, 0.25) is 0 Å². The zero-order valence-corrected chi connectivity index (χ0v) is 17.9. The molecule has 3 rings (SSSR count). The molecule has 0 radical (unpaired) electrons. The molecule has 0 heterocycles. The van der Waals surface area contributed by atoms with E-state index < -0.39 is 0 Å². The Morgan fingerprint density at radius 1 is 0.571 bits per heavy atom. The van der Waals surface area contributed by atoms with Crippen molar-refractivity contribution in [2.75, 3.05) is 0 Å². The maximum Gasteiger partial charge on any atom is 0.0998 e. The molecule has 4 heteroatoms. The summed E-state index contributed by atoms with van der Waals surface area (Å²) in [5.41, 5.74) is 4.69. The molecule has 0 unspecified atom stereocenters. The van der Waals surface area contributed by atoms with Gasteiger partial charge in [-0.3, -0.25) is 0 Å². The van der Waals surface area contributed by atoms with Crippen molar-refractivity contribution in [1.29, 1.82) is 10.5 Å². The van der Waals surface area contributed by atoms with Crippen LogP contribution in [0.1, 0.15) is 22.3 Å². The zero-order chi connectivity index (χ0) is 19.9. The molecule has 0 fully saturated rings. The van der Waals surface area contributed by atoms with Gasteiger partial charge < -0.3 is 0 Å². The molecule has 3 aromatic carbocycles. The highest BCUT2D eigenvalue weighted by Gasteiger charge is 2.05. The SMILES string of the molecule is N#C/C(=C\c1ccc(Br)cc1)c1ccc(/C(C#N)=C/c2ccc(Br)cc2)cc1. The lowest BCUT2D eigenvalue weighted by molar-refractivity contribution is 1.50. The van der Waals surface area contributed by atoms with Crippen molar-refractivity contribution in [2.24, 2.45) is 0 Å². The fraction of sp³-hybridized carbons (Fsp3) is 0. The first-order valence-electron chi connectivity index (χ1n) is 8.44. The maximum absolute atomic E-state index is 9.54. The predicted octanol–water partition coefficient (Wildman–Crippen LogP) is 7.34. The van der Waals surface area contributed by atoms with Crippen LogP contribution in [-0.4, -0.2) is 0 Å². The Bertz CT molecular complexity index is 1020. The molecular formula is C24H14Br2N2. The summed E-state index contributed by atoms with van der Waals surface area (Å²) >= 11 is 6.82. The first-order valence-corrected chi connectivity index (χ1v) is 10.0. The van der Waals surface area contributed by atoms with Gasteiger partial charge >= 0.3 is 0 Å². The number of hydrogen-bond acceptors (Lipinski definition) is 2. The van der Waals surface area contributed by atoms with Crippen molar-refractivity contribution in [3.05, 3.63) is 104 Å². The molecule has 0 N–H and O–H groups in total. The van der Waals surface area contributed by atoms with Crippen LogP contribution in [0.4, 0.5) is 0 Å². The largest absolute Gasteiger partial charge is 0.192 e. The normalized spacial score (nSPS) is 11.6. The van der Waals surface area contributed by atoms with Crippen molar-refractivity contribution in [1.82, 2.24) is 0 Å². The second-order valence-corrected chi connectivity index (χ2v) is 7.85. The van der Waals surface area contributed by atoms with Crippen molar-refractivity contribution in [3.8, 4) is 12.1 Å². The summed E-state index contributed by atoms with van der Waals surface area (Å²) < 4.78 is 1.99. The Morgan fingerprint density at radius 3 is 1.18 bits per heavy atom. The van der Waals surface area contributed by atoms with E-state index in [0.717, 1.165) is 31.2 Å². The summed E-state index contributed by atoms with van der Waals surface area (Å²) in [5.74, 6) is 0. The lowest BCUT2D eigenvalue weighted by Crippen LogP contribution is -1.86. The summed E-state index contributed by atoms with van der Waals surface area (Å²) in [4.78, 5) is 0. The first kappa shape index (κ1) is 19.8. The van der Waals surface area contributed by atoms with Crippen molar-refractivity contribution in [3.63, 3.8) is 0 Å². The van der Waals surface area contributed by atoms with Crippen LogP contribution in [0.2, 0.25) is 0 Å². The molecule has 0 spiro atoms. The Morgan fingerprint density at radius 2 is 0.893 bits per heavy atom. The summed E-state index contributed by atoms with van der Waals surface area (Å²) in [6.45, 7) is 0. The molecule has 0 aliphatic carbocycles. The van der Waals surface area contributed by atoms with Crippen LogP contribution in [0, 0.1) is 22.7 Å². The van der Waals surface area contributed by atoms with Gasteiger partial charge in [0.1, 0.15) is 0 Å². The van der Waals surface area contributed by atoms with E-state index in [-0.39, 0.29) is 0 Å². The maximum atomic E-state index is 9.54. The van der Waals surface area contributed by atoms with Crippen LogP contribution in [-0.2, 0) is 0 Å². The van der Waals surface area contributed by atoms with Crippen LogP contribution < -0.4 is 0 Å². The van der Waals surface area contributed by atoms with Gasteiger partial charge in [-0.25, -0.2) is 0 Å². The highest BCUT2D eigenvalue weighted by molar-refractivity contribution is 9.10. The second kappa shape index (κ2) is 9.33. The number of halogens is 2. The molecule has 0 aromatic heterocycles. The minimum absolute atomic E-state index is 0.573. The fourth-order valence-corrected chi connectivity index (χ4v) is 3.17. The molecule has 0 amide bonds. The summed E-state index contributed by atoms with van der Waals surface area (Å²) in [7, 11) is 0. The molecule has 28 heavy (non-hydrogen) atoms. The molecule has 0 aliphatic heterocycles. The molecule has 3 aromatic rings. The molecule has 0 bridgehead atoms. The van der Waals surface area contributed by atoms with Gasteiger partial charge in [0, 0.05) is 8.95 Å². The predicted molar refractivity (Wildman–Crippen MR) is 122 cm³/mol. The first-order chi connectivity index (χ1) is 13.6. The number of hydrogen-bond donors (Lipinski definition) is 0. The monoisotopic (exact) mass is 488 g/mol. The molecule has 0 saturated carbocycles. The minimum Gasteiger partial charge on any atom is -0.192 e. The molecule has 134 valence electrons. The Hall–Kier alpha value is -2.92. The lowest BCUT2D eigenvalue weighted by Gasteiger charge is -2.04. The Labute approximate surface area is 181 Å². The van der Waals surface area contributed by atoms with E-state index in [1.54, 1.807) is 0 Å². The number of allylic oxidation sites excluding steroid dienone is 2. The number of nitrogens with zero attached hydrogens (tertiary/aromatic N) is 2. The van der Waals surface area contributed by atoms with Gasteiger partial charge in [-0.2, -0.15) is 10.5 Å². The third-order valence-electron chi connectivity index (χ3n) is 4.11. The minimum atomic E-state index is 0.573. The standard InChI is InChI=1S/C24H14Br2N2/c25-23-9-1-17(2-10-23)13-21(15-27)19-5-7-20(8-6-19)22(16-28)14-18-3-11-24(26)12-4-18/h1-14H/b21-13+,22-14+. The Balaban J connectivity index is 1.89. The van der Waals surface area contributed by atoms with E-state index >= 15 is 0 Å². The van der Waals surface area contributed by atoms with Crippen LogP contribution in [0.3, 0.4) is 0 Å². The van der Waals surface area contributed by atoms with Gasteiger partial charge in [0.25, 0.3) is 0 Å². The summed E-state index contributed by atoms with van der Waals surface area (Å²) in [5, 5.41) is 19.1. The van der Waals surface area contributed by atoms with Crippen molar-refractivity contribution in [2.45, 2.75) is 0 Å². The van der Waals surface area contributed by atoms with Gasteiger partial charge in [0.05, 0.1) is 23.3 Å². The number of nitriles is 2. The average molecular weight is 490 g/mol. The van der Waals surface area contributed by atoms with E-state index in [0.29, 0.717) is 11.1 Å². The van der Waals surface area contributed by atoms with Gasteiger partial charge in [-0.15, -0.1) is 0 Å². The van der Waals surface area contributed by atoms with Crippen molar-refractivity contribution < 1.29 is 0 Å². The molecule has 0 atom stereocenters. The smallest absolute Gasteiger partial charge is 0.0998 e. The highest BCUT2D eigenvalue weighted by Crippen LogP contribution is 2.23. The van der Waals surface area contributed by atoms with Crippen LogP contribution >= 0.6 is 31.9 Å². The fourth-order valence-electron chi connectivity index (χ4n) is 2.64. The molecule has 0 aliphatic rings. The number of benzene rings is 3. The third-order valence-corrected chi connectivity index (χ3v) is 5.17. The highest BCUT2D eigenvalue weighted by atomic mass is 79.9. The van der Waals surface area contributed by atoms with Crippen molar-refractivity contribution >= 4 is 55.2 Å². The van der Waals surface area contributed by atoms with E-state index in [1.807, 2.05) is 84.9 Å². The third kappa shape index (κ3) is 5.08. The topological polar surface area (TPSA) is 47.6 Å². The number of rotatable bonds is 4. The van der Waals surface area contributed by atoms with Crippen LogP contribution in [0.5, 0.6) is 0 Å². The summed E-state index contributed by atoms with van der Waals surface area (Å²) in [6.07, 6.45) is 3.70. The van der Waals surface area contributed by atoms with Gasteiger partial charge in [0.15, 0.2) is 0 Å². The zero-order valence-electron chi connectivity index (χ0n) is 14.7. The molecule has 0 saturated heterocycles. The average Bonchev–Trinajstić information content (AvgIpc) is 2.73. The molecule has 2 nitrogen and oxygen atoms in total. The summed E-state index contributed by atoms with van der Waals surface area (Å²) in [6, 6.07) is 27.6. The molecular weight excluding hydrogens is 476 g/mol. The van der Waals surface area contributed by atoms with Crippen LogP contribution in [0.15, 0.2) is 81.7 Å². The van der Waals surface area contributed by atoms with E-state index in [4.69, 9.17) is 0 Å². The lowest BCUT2D eigenvalue weighted by atomic mass is 9.99. The van der Waals surface area contributed by atoms with Crippen LogP contribution in [0.25, 0.3) is 23.3 Å². The second-order valence-electron chi connectivity index (χ2n) is 6.02. The quantitative estimate of drug-likeness (QED) is 0.284. The van der Waals surface area contributed by atoms with E-state index in [9.17, 15) is 10.5 Å². The van der Waals surface area contributed by atoms with E-state index in [2.05, 4.69) is 44.0 Å². The Kier molecular flexibility index (Phi) is 6.61.